The van der Waals surface area contributed by atoms with Crippen LogP contribution in [0, 0.1) is 17.8 Å². The lowest BCUT2D eigenvalue weighted by molar-refractivity contribution is -0.138. The van der Waals surface area contributed by atoms with Gasteiger partial charge in [0, 0.05) is 12.6 Å². The minimum atomic E-state index is -0.522. The van der Waals surface area contributed by atoms with Gasteiger partial charge in [-0.3, -0.25) is 4.79 Å². The molecule has 0 radical (unpaired) electrons. The third kappa shape index (κ3) is 3.15. The number of rotatable bonds is 3. The molecule has 1 heterocycles. The van der Waals surface area contributed by atoms with E-state index in [-0.39, 0.29) is 23.7 Å². The smallest absolute Gasteiger partial charge is 0.233 e. The third-order valence-corrected chi connectivity index (χ3v) is 3.79. The molecular weight excluding hydrogens is 230 g/mol. The van der Waals surface area contributed by atoms with Crippen molar-refractivity contribution in [1.29, 1.82) is 0 Å². The van der Waals surface area contributed by atoms with E-state index in [0.717, 1.165) is 19.4 Å². The van der Waals surface area contributed by atoms with Crippen LogP contribution in [0.3, 0.4) is 0 Å². The van der Waals surface area contributed by atoms with E-state index < -0.39 is 5.92 Å². The Labute approximate surface area is 109 Å². The van der Waals surface area contributed by atoms with E-state index in [4.69, 9.17) is 10.9 Å². The molecule has 0 spiro atoms. The van der Waals surface area contributed by atoms with E-state index in [9.17, 15) is 4.79 Å². The Bertz CT molecular complexity index is 328. The molecule has 1 aliphatic heterocycles. The first-order valence-corrected chi connectivity index (χ1v) is 6.66. The van der Waals surface area contributed by atoms with Gasteiger partial charge in [-0.2, -0.15) is 0 Å². The number of oxime groups is 1. The van der Waals surface area contributed by atoms with Crippen LogP contribution in [0.15, 0.2) is 5.16 Å². The molecule has 104 valence electrons. The summed E-state index contributed by atoms with van der Waals surface area (Å²) in [5.74, 6) is 0.164. The number of carbonyl (C=O) groups is 1. The number of piperidine rings is 1. The molecule has 5 heteroatoms. The van der Waals surface area contributed by atoms with Crippen molar-refractivity contribution in [2.24, 2.45) is 28.6 Å². The van der Waals surface area contributed by atoms with Gasteiger partial charge in [-0.1, -0.05) is 25.9 Å². The van der Waals surface area contributed by atoms with Crippen LogP contribution in [0.25, 0.3) is 0 Å². The molecule has 5 nitrogen and oxygen atoms in total. The van der Waals surface area contributed by atoms with Crippen LogP contribution in [-0.2, 0) is 4.79 Å². The van der Waals surface area contributed by atoms with Gasteiger partial charge in [0.05, 0.1) is 0 Å². The topological polar surface area (TPSA) is 78.9 Å². The average molecular weight is 255 g/mol. The lowest BCUT2D eigenvalue weighted by Gasteiger charge is -2.39. The van der Waals surface area contributed by atoms with Crippen LogP contribution in [0.2, 0.25) is 0 Å². The van der Waals surface area contributed by atoms with Gasteiger partial charge in [-0.05, 0) is 31.6 Å². The van der Waals surface area contributed by atoms with E-state index >= 15 is 0 Å². The minimum absolute atomic E-state index is 0.0142. The SMILES string of the molecule is CC1CCN(C(=O)C(C(N)=NO)C(C)C)C(C)C1. The van der Waals surface area contributed by atoms with Crippen LogP contribution in [0.4, 0.5) is 0 Å². The van der Waals surface area contributed by atoms with E-state index in [2.05, 4.69) is 19.0 Å². The summed E-state index contributed by atoms with van der Waals surface area (Å²) in [4.78, 5) is 14.4. The lowest BCUT2D eigenvalue weighted by Crippen LogP contribution is -2.50. The van der Waals surface area contributed by atoms with Gasteiger partial charge in [-0.15, -0.1) is 0 Å². The molecule has 1 fully saturated rings. The second kappa shape index (κ2) is 6.07. The molecule has 1 amide bonds. The van der Waals surface area contributed by atoms with Crippen LogP contribution in [-0.4, -0.2) is 34.4 Å². The Morgan fingerprint density at radius 2 is 2.06 bits per heavy atom. The van der Waals surface area contributed by atoms with Gasteiger partial charge in [0.2, 0.25) is 5.91 Å². The van der Waals surface area contributed by atoms with Crippen molar-refractivity contribution in [2.45, 2.75) is 46.6 Å². The predicted octanol–water partition coefficient (Wildman–Crippen LogP) is 1.65. The Kier molecular flexibility index (Phi) is 4.99. The lowest BCUT2D eigenvalue weighted by atomic mass is 9.88. The zero-order chi connectivity index (χ0) is 13.9. The van der Waals surface area contributed by atoms with Gasteiger partial charge in [0.25, 0.3) is 0 Å². The largest absolute Gasteiger partial charge is 0.409 e. The van der Waals surface area contributed by atoms with E-state index in [1.54, 1.807) is 0 Å². The molecule has 3 N–H and O–H groups in total. The minimum Gasteiger partial charge on any atom is -0.409 e. The second-order valence-electron chi connectivity index (χ2n) is 5.76. The fraction of sp³-hybridized carbons (Fsp3) is 0.846. The van der Waals surface area contributed by atoms with Crippen molar-refractivity contribution < 1.29 is 10.0 Å². The Hall–Kier alpha value is -1.26. The molecule has 0 aromatic rings. The first-order valence-electron chi connectivity index (χ1n) is 6.66. The summed E-state index contributed by atoms with van der Waals surface area (Å²) < 4.78 is 0. The van der Waals surface area contributed by atoms with E-state index in [1.807, 2.05) is 18.7 Å². The molecule has 18 heavy (non-hydrogen) atoms. The second-order valence-corrected chi connectivity index (χ2v) is 5.76. The third-order valence-electron chi connectivity index (χ3n) is 3.79. The van der Waals surface area contributed by atoms with Gasteiger partial charge in [-0.25, -0.2) is 0 Å². The Morgan fingerprint density at radius 3 is 2.50 bits per heavy atom. The maximum Gasteiger partial charge on any atom is 0.233 e. The molecule has 3 unspecified atom stereocenters. The van der Waals surface area contributed by atoms with Crippen molar-refractivity contribution in [2.75, 3.05) is 6.54 Å². The molecule has 1 saturated heterocycles. The first-order chi connectivity index (χ1) is 8.38. The van der Waals surface area contributed by atoms with Gasteiger partial charge in [0.1, 0.15) is 5.92 Å². The first kappa shape index (κ1) is 14.8. The number of nitrogens with zero attached hydrogens (tertiary/aromatic N) is 2. The van der Waals surface area contributed by atoms with Crippen molar-refractivity contribution >= 4 is 11.7 Å². The van der Waals surface area contributed by atoms with Gasteiger partial charge < -0.3 is 15.8 Å². The number of amidine groups is 1. The van der Waals surface area contributed by atoms with Crippen LogP contribution in [0.1, 0.15) is 40.5 Å². The zero-order valence-electron chi connectivity index (χ0n) is 11.8. The zero-order valence-corrected chi connectivity index (χ0v) is 11.8. The maximum atomic E-state index is 12.5. The summed E-state index contributed by atoms with van der Waals surface area (Å²) in [6.45, 7) is 8.87. The quantitative estimate of drug-likeness (QED) is 0.348. The van der Waals surface area contributed by atoms with Crippen LogP contribution in [0.5, 0.6) is 0 Å². The van der Waals surface area contributed by atoms with Gasteiger partial charge in [0.15, 0.2) is 5.84 Å². The normalized spacial score (nSPS) is 27.4. The van der Waals surface area contributed by atoms with E-state index in [1.165, 1.54) is 0 Å². The Morgan fingerprint density at radius 1 is 1.44 bits per heavy atom. The summed E-state index contributed by atoms with van der Waals surface area (Å²) >= 11 is 0. The number of likely N-dealkylation sites (tertiary alicyclic amines) is 1. The summed E-state index contributed by atoms with van der Waals surface area (Å²) in [6.07, 6.45) is 2.05. The summed E-state index contributed by atoms with van der Waals surface area (Å²) in [6, 6.07) is 0.231. The fourth-order valence-corrected chi connectivity index (χ4v) is 2.73. The highest BCUT2D eigenvalue weighted by molar-refractivity contribution is 6.02. The van der Waals surface area contributed by atoms with Crippen LogP contribution >= 0.6 is 0 Å². The van der Waals surface area contributed by atoms with E-state index in [0.29, 0.717) is 5.92 Å². The van der Waals surface area contributed by atoms with Crippen molar-refractivity contribution in [3.05, 3.63) is 0 Å². The summed E-state index contributed by atoms with van der Waals surface area (Å²) in [5, 5.41) is 11.8. The molecule has 3 atom stereocenters. The van der Waals surface area contributed by atoms with Crippen molar-refractivity contribution in [3.63, 3.8) is 0 Å². The van der Waals surface area contributed by atoms with Crippen molar-refractivity contribution in [1.82, 2.24) is 4.90 Å². The molecule has 0 aromatic carbocycles. The molecule has 0 saturated carbocycles. The molecular formula is C13H25N3O2. The fourth-order valence-electron chi connectivity index (χ4n) is 2.73. The standard InChI is InChI=1S/C13H25N3O2/c1-8(2)11(12(14)15-18)13(17)16-6-5-9(3)7-10(16)4/h8-11,18H,5-7H2,1-4H3,(H2,14,15). The van der Waals surface area contributed by atoms with Gasteiger partial charge >= 0.3 is 0 Å². The number of hydrogen-bond donors (Lipinski definition) is 2. The average Bonchev–Trinajstić information content (AvgIpc) is 2.28. The highest BCUT2D eigenvalue weighted by atomic mass is 16.4. The highest BCUT2D eigenvalue weighted by Crippen LogP contribution is 2.25. The summed E-state index contributed by atoms with van der Waals surface area (Å²) in [7, 11) is 0. The number of amides is 1. The number of carbonyl (C=O) groups excluding carboxylic acids is 1. The molecule has 0 aliphatic carbocycles. The molecule has 0 bridgehead atoms. The monoisotopic (exact) mass is 255 g/mol. The molecule has 0 aromatic heterocycles. The number of nitrogens with two attached hydrogens (primary N) is 1. The van der Waals surface area contributed by atoms with Crippen LogP contribution < -0.4 is 5.73 Å². The van der Waals surface area contributed by atoms with Crippen molar-refractivity contribution in [3.8, 4) is 0 Å². The Balaban J connectivity index is 2.84. The predicted molar refractivity (Wildman–Crippen MR) is 71.3 cm³/mol. The number of hydrogen-bond acceptors (Lipinski definition) is 3. The highest BCUT2D eigenvalue weighted by Gasteiger charge is 2.35. The maximum absolute atomic E-state index is 12.5. The molecule has 1 aliphatic rings. The molecule has 1 rings (SSSR count). The summed E-state index contributed by atoms with van der Waals surface area (Å²) in [5.41, 5.74) is 5.65.